The van der Waals surface area contributed by atoms with Crippen LogP contribution in [0.25, 0.3) is 0 Å². The molecule has 1 fully saturated rings. The molecule has 0 heterocycles. The van der Waals surface area contributed by atoms with E-state index in [4.69, 9.17) is 9.47 Å². The fourth-order valence-electron chi connectivity index (χ4n) is 4.23. The van der Waals surface area contributed by atoms with Crippen LogP contribution in [0.5, 0.6) is 0 Å². The number of hydrogen-bond acceptors (Lipinski definition) is 4. The molecule has 1 amide bonds. The second kappa shape index (κ2) is 7.24. The number of hydrogen-bond donors (Lipinski definition) is 1. The molecule has 0 radical (unpaired) electrons. The van der Waals surface area contributed by atoms with Gasteiger partial charge in [-0.2, -0.15) is 0 Å². The molecule has 3 atom stereocenters. The largest absolute Gasteiger partial charge is 0.460 e. The van der Waals surface area contributed by atoms with Gasteiger partial charge in [-0.25, -0.2) is 4.79 Å². The molecule has 1 N–H and O–H groups in total. The van der Waals surface area contributed by atoms with Crippen molar-refractivity contribution in [2.24, 2.45) is 17.3 Å². The summed E-state index contributed by atoms with van der Waals surface area (Å²) in [6.45, 7) is 13.8. The molecule has 26 heavy (non-hydrogen) atoms. The maximum atomic E-state index is 12.5. The third kappa shape index (κ3) is 5.24. The van der Waals surface area contributed by atoms with Gasteiger partial charge in [-0.3, -0.25) is 4.79 Å². The molecule has 0 saturated heterocycles. The number of nitrogens with one attached hydrogen (secondary N) is 1. The first-order valence-electron chi connectivity index (χ1n) is 9.72. The lowest BCUT2D eigenvalue weighted by atomic mass is 9.53. The first-order chi connectivity index (χ1) is 11.8. The molecule has 2 aliphatic rings. The van der Waals surface area contributed by atoms with Crippen molar-refractivity contribution in [3.05, 3.63) is 11.6 Å². The zero-order valence-corrected chi connectivity index (χ0v) is 17.4. The van der Waals surface area contributed by atoms with Gasteiger partial charge in [0.1, 0.15) is 11.2 Å². The molecule has 0 aromatic heterocycles. The summed E-state index contributed by atoms with van der Waals surface area (Å²) in [6, 6.07) is 0. The quantitative estimate of drug-likeness (QED) is 0.571. The average Bonchev–Trinajstić information content (AvgIpc) is 2.77. The van der Waals surface area contributed by atoms with E-state index in [-0.39, 0.29) is 11.4 Å². The Morgan fingerprint density at radius 3 is 2.31 bits per heavy atom. The molecule has 0 aliphatic heterocycles. The normalized spacial score (nSPS) is 27.9. The molecular formula is C21H35NO4. The third-order valence-electron chi connectivity index (χ3n) is 5.18. The Morgan fingerprint density at radius 2 is 1.77 bits per heavy atom. The minimum atomic E-state index is -0.535. The van der Waals surface area contributed by atoms with Crippen molar-refractivity contribution < 1.29 is 19.1 Å². The zero-order valence-electron chi connectivity index (χ0n) is 17.4. The van der Waals surface area contributed by atoms with Crippen LogP contribution in [0.4, 0.5) is 4.79 Å². The van der Waals surface area contributed by atoms with Gasteiger partial charge in [0.05, 0.1) is 6.42 Å². The van der Waals surface area contributed by atoms with Gasteiger partial charge in [-0.15, -0.1) is 0 Å². The lowest BCUT2D eigenvalue weighted by Gasteiger charge is -2.52. The number of rotatable bonds is 5. The van der Waals surface area contributed by atoms with Crippen LogP contribution in [0.1, 0.15) is 74.1 Å². The highest BCUT2D eigenvalue weighted by Crippen LogP contribution is 2.60. The van der Waals surface area contributed by atoms with Crippen LogP contribution >= 0.6 is 0 Å². The number of allylic oxidation sites excluding steroid dienone is 2. The number of carbonyl (C=O) groups excluding carboxylic acids is 2. The lowest BCUT2D eigenvalue weighted by molar-refractivity contribution is -0.162. The monoisotopic (exact) mass is 365 g/mol. The van der Waals surface area contributed by atoms with Gasteiger partial charge in [0.2, 0.25) is 0 Å². The SMILES string of the molecule is CCC1=C[C@@H]2[C@H](C1)C[C@@]2(CNC(=O)OC(C)(C)C)CC(=O)OC(C)(C)C. The highest BCUT2D eigenvalue weighted by atomic mass is 16.6. The molecule has 0 unspecified atom stereocenters. The van der Waals surface area contributed by atoms with E-state index in [0.717, 1.165) is 19.3 Å². The summed E-state index contributed by atoms with van der Waals surface area (Å²) in [5.74, 6) is 0.730. The molecule has 0 spiro atoms. The Hall–Kier alpha value is -1.52. The maximum Gasteiger partial charge on any atom is 0.407 e. The van der Waals surface area contributed by atoms with Crippen LogP contribution in [-0.2, 0) is 14.3 Å². The van der Waals surface area contributed by atoms with Gasteiger partial charge >= 0.3 is 12.1 Å². The maximum absolute atomic E-state index is 12.5. The lowest BCUT2D eigenvalue weighted by Crippen LogP contribution is -2.54. The molecule has 0 aromatic rings. The number of ether oxygens (including phenoxy) is 2. The fraction of sp³-hybridized carbons (Fsp3) is 0.810. The van der Waals surface area contributed by atoms with Crippen LogP contribution in [0, 0.1) is 17.3 Å². The number of carbonyl (C=O) groups is 2. The van der Waals surface area contributed by atoms with Crippen molar-refractivity contribution in [1.82, 2.24) is 5.32 Å². The Bertz CT molecular complexity index is 582. The van der Waals surface area contributed by atoms with Gasteiger partial charge in [0, 0.05) is 12.0 Å². The van der Waals surface area contributed by atoms with Crippen LogP contribution in [0.15, 0.2) is 11.6 Å². The number of fused-ring (bicyclic) bond motifs is 1. The summed E-state index contributed by atoms with van der Waals surface area (Å²) in [7, 11) is 0. The number of alkyl carbamates (subject to hydrolysis) is 1. The van der Waals surface area contributed by atoms with Gasteiger partial charge in [-0.1, -0.05) is 18.6 Å². The summed E-state index contributed by atoms with van der Waals surface area (Å²) in [5.41, 5.74) is 0.164. The highest BCUT2D eigenvalue weighted by Gasteiger charge is 2.56. The minimum absolute atomic E-state index is 0.194. The second-order valence-corrected chi connectivity index (χ2v) is 9.85. The Balaban J connectivity index is 2.07. The van der Waals surface area contributed by atoms with Crippen molar-refractivity contribution in [3.63, 3.8) is 0 Å². The standard InChI is InChI=1S/C21H35NO4/c1-8-14-9-15-11-21(16(15)10-14,12-17(23)25-19(2,3)4)13-22-18(24)26-20(5,6)7/h10,15-16H,8-9,11-13H2,1-7H3,(H,22,24)/t15-,16-,21+/m1/s1. The summed E-state index contributed by atoms with van der Waals surface area (Å²) < 4.78 is 10.9. The van der Waals surface area contributed by atoms with E-state index in [0.29, 0.717) is 24.8 Å². The van der Waals surface area contributed by atoms with Gasteiger partial charge in [0.25, 0.3) is 0 Å². The molecule has 2 aliphatic carbocycles. The van der Waals surface area contributed by atoms with Crippen molar-refractivity contribution in [2.75, 3.05) is 6.54 Å². The predicted octanol–water partition coefficient (Wildman–Crippen LogP) is 4.61. The fourth-order valence-corrected chi connectivity index (χ4v) is 4.23. The van der Waals surface area contributed by atoms with E-state index in [1.54, 1.807) is 0 Å². The first kappa shape index (κ1) is 20.8. The number of amides is 1. The second-order valence-electron chi connectivity index (χ2n) is 9.85. The molecule has 148 valence electrons. The van der Waals surface area contributed by atoms with E-state index in [2.05, 4.69) is 18.3 Å². The van der Waals surface area contributed by atoms with E-state index in [1.165, 1.54) is 5.57 Å². The Kier molecular flexibility index (Phi) is 5.79. The van der Waals surface area contributed by atoms with Crippen LogP contribution in [-0.4, -0.2) is 29.8 Å². The van der Waals surface area contributed by atoms with E-state index in [1.807, 2.05) is 41.5 Å². The van der Waals surface area contributed by atoms with Crippen LogP contribution in [0.3, 0.4) is 0 Å². The van der Waals surface area contributed by atoms with Gasteiger partial charge < -0.3 is 14.8 Å². The van der Waals surface area contributed by atoms with E-state index < -0.39 is 17.3 Å². The first-order valence-corrected chi connectivity index (χ1v) is 9.72. The molecule has 5 heteroatoms. The van der Waals surface area contributed by atoms with Crippen molar-refractivity contribution in [2.45, 2.75) is 85.4 Å². The molecule has 0 aromatic carbocycles. The van der Waals surface area contributed by atoms with Crippen LogP contribution in [0.2, 0.25) is 0 Å². The summed E-state index contributed by atoms with van der Waals surface area (Å²) in [6.07, 6.45) is 5.33. The van der Waals surface area contributed by atoms with Crippen molar-refractivity contribution >= 4 is 12.1 Å². The van der Waals surface area contributed by atoms with Gasteiger partial charge in [0.15, 0.2) is 0 Å². The van der Waals surface area contributed by atoms with E-state index in [9.17, 15) is 9.59 Å². The Labute approximate surface area is 157 Å². The average molecular weight is 366 g/mol. The van der Waals surface area contributed by atoms with Crippen molar-refractivity contribution in [1.29, 1.82) is 0 Å². The molecule has 5 nitrogen and oxygen atoms in total. The predicted molar refractivity (Wildman–Crippen MR) is 102 cm³/mol. The topological polar surface area (TPSA) is 64.6 Å². The van der Waals surface area contributed by atoms with Crippen molar-refractivity contribution in [3.8, 4) is 0 Å². The van der Waals surface area contributed by atoms with Gasteiger partial charge in [-0.05, 0) is 72.6 Å². The summed E-state index contributed by atoms with van der Waals surface area (Å²) >= 11 is 0. The highest BCUT2D eigenvalue weighted by molar-refractivity contribution is 5.72. The Morgan fingerprint density at radius 1 is 1.15 bits per heavy atom. The minimum Gasteiger partial charge on any atom is -0.460 e. The summed E-state index contributed by atoms with van der Waals surface area (Å²) in [4.78, 5) is 24.6. The zero-order chi connectivity index (χ0) is 19.8. The van der Waals surface area contributed by atoms with Crippen LogP contribution < -0.4 is 5.32 Å². The third-order valence-corrected chi connectivity index (χ3v) is 5.18. The number of esters is 1. The molecule has 1 saturated carbocycles. The van der Waals surface area contributed by atoms with E-state index >= 15 is 0 Å². The molecule has 0 bridgehead atoms. The smallest absolute Gasteiger partial charge is 0.407 e. The molecule has 2 rings (SSSR count). The summed E-state index contributed by atoms with van der Waals surface area (Å²) in [5, 5.41) is 2.90. The molecular weight excluding hydrogens is 330 g/mol.